The zero-order valence-corrected chi connectivity index (χ0v) is 6.03. The molecule has 0 aliphatic carbocycles. The highest BCUT2D eigenvalue weighted by Gasteiger charge is 2.22. The average molecular weight is 169 g/mol. The SMILES string of the molecule is Nc1nc2c(c(=O)[nH]1)N(O)CN2. The summed E-state index contributed by atoms with van der Waals surface area (Å²) >= 11 is 0. The Bertz CT molecular complexity index is 373. The van der Waals surface area contributed by atoms with Gasteiger partial charge in [0, 0.05) is 0 Å². The molecule has 5 N–H and O–H groups in total. The molecule has 0 fully saturated rings. The van der Waals surface area contributed by atoms with E-state index >= 15 is 0 Å². The maximum Gasteiger partial charge on any atom is 0.280 e. The summed E-state index contributed by atoms with van der Waals surface area (Å²) < 4.78 is 0. The van der Waals surface area contributed by atoms with Crippen molar-refractivity contribution in [3.63, 3.8) is 0 Å². The molecule has 0 saturated heterocycles. The number of aromatic nitrogens is 2. The minimum Gasteiger partial charge on any atom is -0.369 e. The van der Waals surface area contributed by atoms with Gasteiger partial charge in [-0.15, -0.1) is 0 Å². The van der Waals surface area contributed by atoms with E-state index in [9.17, 15) is 4.79 Å². The molecule has 1 aliphatic rings. The van der Waals surface area contributed by atoms with E-state index in [1.54, 1.807) is 0 Å². The van der Waals surface area contributed by atoms with Gasteiger partial charge in [-0.05, 0) is 0 Å². The van der Waals surface area contributed by atoms with Gasteiger partial charge >= 0.3 is 0 Å². The Kier molecular flexibility index (Phi) is 1.22. The van der Waals surface area contributed by atoms with Crippen molar-refractivity contribution in [3.05, 3.63) is 10.4 Å². The van der Waals surface area contributed by atoms with Gasteiger partial charge in [0.25, 0.3) is 5.56 Å². The van der Waals surface area contributed by atoms with Crippen LogP contribution < -0.4 is 21.7 Å². The summed E-state index contributed by atoms with van der Waals surface area (Å²) in [6.45, 7) is 0.148. The first-order valence-corrected chi connectivity index (χ1v) is 3.28. The molecule has 0 atom stereocenters. The summed E-state index contributed by atoms with van der Waals surface area (Å²) in [5.74, 6) is 0.334. The van der Waals surface area contributed by atoms with Crippen LogP contribution in [0.2, 0.25) is 0 Å². The van der Waals surface area contributed by atoms with Gasteiger partial charge in [0.05, 0.1) is 0 Å². The van der Waals surface area contributed by atoms with E-state index < -0.39 is 5.56 Å². The van der Waals surface area contributed by atoms with Gasteiger partial charge in [-0.2, -0.15) is 4.98 Å². The number of aromatic amines is 1. The molecule has 0 unspecified atom stereocenters. The predicted octanol–water partition coefficient (Wildman–Crippen LogP) is -1.07. The zero-order valence-electron chi connectivity index (χ0n) is 6.03. The maximum atomic E-state index is 11.1. The van der Waals surface area contributed by atoms with Crippen LogP contribution in [0.3, 0.4) is 0 Å². The molecule has 7 nitrogen and oxygen atoms in total. The molecule has 0 aromatic carbocycles. The largest absolute Gasteiger partial charge is 0.369 e. The second-order valence-corrected chi connectivity index (χ2v) is 2.38. The minimum atomic E-state index is -0.454. The number of rotatable bonds is 0. The molecule has 1 aromatic heterocycles. The van der Waals surface area contributed by atoms with E-state index in [0.29, 0.717) is 5.82 Å². The third-order valence-electron chi connectivity index (χ3n) is 1.57. The van der Waals surface area contributed by atoms with Crippen LogP contribution in [0.4, 0.5) is 17.5 Å². The third-order valence-corrected chi connectivity index (χ3v) is 1.57. The molecule has 0 saturated carbocycles. The fraction of sp³-hybridized carbons (Fsp3) is 0.200. The van der Waals surface area contributed by atoms with Crippen molar-refractivity contribution < 1.29 is 5.21 Å². The first-order valence-electron chi connectivity index (χ1n) is 3.28. The van der Waals surface area contributed by atoms with Crippen LogP contribution in [0.25, 0.3) is 0 Å². The number of hydrogen-bond acceptors (Lipinski definition) is 6. The summed E-state index contributed by atoms with van der Waals surface area (Å²) in [7, 11) is 0. The summed E-state index contributed by atoms with van der Waals surface area (Å²) in [5.41, 5.74) is 4.92. The van der Waals surface area contributed by atoms with Crippen LogP contribution in [0.1, 0.15) is 0 Å². The van der Waals surface area contributed by atoms with Crippen LogP contribution >= 0.6 is 0 Å². The lowest BCUT2D eigenvalue weighted by atomic mass is 10.5. The van der Waals surface area contributed by atoms with Gasteiger partial charge in [-0.25, -0.2) is 5.06 Å². The third kappa shape index (κ3) is 0.800. The first-order chi connectivity index (χ1) is 5.68. The highest BCUT2D eigenvalue weighted by Crippen LogP contribution is 2.22. The second-order valence-electron chi connectivity index (χ2n) is 2.38. The van der Waals surface area contributed by atoms with Gasteiger partial charge in [0.15, 0.2) is 11.5 Å². The molecule has 2 heterocycles. The standard InChI is InChI=1S/C5H7N5O2/c6-5-8-3-2(4(11)9-5)10(12)1-7-3/h12H,1H2,(H4,6,7,8,9,11). The Morgan fingerprint density at radius 1 is 1.67 bits per heavy atom. The van der Waals surface area contributed by atoms with E-state index in [1.165, 1.54) is 0 Å². The average Bonchev–Trinajstić information content (AvgIpc) is 2.31. The molecule has 1 aromatic rings. The monoisotopic (exact) mass is 169 g/mol. The number of nitrogens with one attached hydrogen (secondary N) is 2. The Balaban J connectivity index is 2.69. The van der Waals surface area contributed by atoms with Gasteiger partial charge in [-0.3, -0.25) is 15.0 Å². The van der Waals surface area contributed by atoms with Crippen LogP contribution in [0.15, 0.2) is 4.79 Å². The minimum absolute atomic E-state index is 0.0292. The van der Waals surface area contributed by atoms with Crippen molar-refractivity contribution in [2.75, 3.05) is 22.8 Å². The van der Waals surface area contributed by atoms with Gasteiger partial charge in [0.2, 0.25) is 5.95 Å². The molecule has 1 aliphatic heterocycles. The number of H-pyrrole nitrogens is 1. The van der Waals surface area contributed by atoms with Crippen molar-refractivity contribution in [1.82, 2.24) is 9.97 Å². The quantitative estimate of drug-likeness (QED) is 0.394. The Morgan fingerprint density at radius 2 is 2.42 bits per heavy atom. The lowest BCUT2D eigenvalue weighted by Gasteiger charge is -2.04. The fourth-order valence-corrected chi connectivity index (χ4v) is 1.08. The van der Waals surface area contributed by atoms with E-state index in [0.717, 1.165) is 5.06 Å². The number of nitrogen functional groups attached to an aromatic ring is 1. The molecular formula is C5H7N5O2. The van der Waals surface area contributed by atoms with Gasteiger partial charge in [0.1, 0.15) is 6.67 Å². The van der Waals surface area contributed by atoms with Crippen molar-refractivity contribution in [3.8, 4) is 0 Å². The topological polar surface area (TPSA) is 107 Å². The van der Waals surface area contributed by atoms with Gasteiger partial charge < -0.3 is 11.1 Å². The molecule has 2 rings (SSSR count). The van der Waals surface area contributed by atoms with E-state index in [2.05, 4.69) is 15.3 Å². The van der Waals surface area contributed by atoms with Crippen molar-refractivity contribution in [2.45, 2.75) is 0 Å². The normalized spacial score (nSPS) is 14.2. The smallest absolute Gasteiger partial charge is 0.280 e. The van der Waals surface area contributed by atoms with Crippen LogP contribution in [0.5, 0.6) is 0 Å². The maximum absolute atomic E-state index is 11.1. The molecule has 0 amide bonds. The zero-order chi connectivity index (χ0) is 8.72. The Labute approximate surface area is 66.8 Å². The Morgan fingerprint density at radius 3 is 3.17 bits per heavy atom. The lowest BCUT2D eigenvalue weighted by Crippen LogP contribution is -2.23. The van der Waals surface area contributed by atoms with E-state index in [-0.39, 0.29) is 18.3 Å². The highest BCUT2D eigenvalue weighted by atomic mass is 16.5. The molecule has 0 spiro atoms. The van der Waals surface area contributed by atoms with Crippen molar-refractivity contribution in [1.29, 1.82) is 0 Å². The summed E-state index contributed by atoms with van der Waals surface area (Å²) in [5, 5.41) is 12.6. The number of hydroxylamine groups is 1. The number of nitrogens with two attached hydrogens (primary N) is 1. The van der Waals surface area contributed by atoms with Crippen LogP contribution in [0, 0.1) is 0 Å². The second kappa shape index (κ2) is 2.11. The molecule has 0 radical (unpaired) electrons. The van der Waals surface area contributed by atoms with E-state index in [4.69, 9.17) is 10.9 Å². The summed E-state index contributed by atoms with van der Waals surface area (Å²) in [4.78, 5) is 17.2. The van der Waals surface area contributed by atoms with Crippen LogP contribution in [-0.2, 0) is 0 Å². The van der Waals surface area contributed by atoms with Crippen molar-refractivity contribution in [2.24, 2.45) is 0 Å². The number of anilines is 3. The van der Waals surface area contributed by atoms with Gasteiger partial charge in [-0.1, -0.05) is 0 Å². The highest BCUT2D eigenvalue weighted by molar-refractivity contribution is 5.68. The fourth-order valence-electron chi connectivity index (χ4n) is 1.08. The first kappa shape index (κ1) is 6.92. The summed E-state index contributed by atoms with van der Waals surface area (Å²) in [6, 6.07) is 0. The van der Waals surface area contributed by atoms with Crippen molar-refractivity contribution >= 4 is 17.5 Å². The molecule has 64 valence electrons. The molecular weight excluding hydrogens is 162 g/mol. The number of hydrogen-bond donors (Lipinski definition) is 4. The number of fused-ring (bicyclic) bond motifs is 1. The number of nitrogens with zero attached hydrogens (tertiary/aromatic N) is 2. The van der Waals surface area contributed by atoms with E-state index in [1.807, 2.05) is 0 Å². The molecule has 12 heavy (non-hydrogen) atoms. The molecule has 0 bridgehead atoms. The molecule has 7 heteroatoms. The predicted molar refractivity (Wildman–Crippen MR) is 42.0 cm³/mol. The summed E-state index contributed by atoms with van der Waals surface area (Å²) in [6.07, 6.45) is 0. The van der Waals surface area contributed by atoms with Crippen LogP contribution in [-0.4, -0.2) is 21.8 Å². The Hall–Kier alpha value is -1.76. The lowest BCUT2D eigenvalue weighted by molar-refractivity contribution is 0.267.